The molecule has 0 bridgehead atoms. The van der Waals surface area contributed by atoms with Gasteiger partial charge in [0.15, 0.2) is 11.8 Å². The van der Waals surface area contributed by atoms with Crippen LogP contribution in [0.5, 0.6) is 0 Å². The van der Waals surface area contributed by atoms with Gasteiger partial charge in [0.25, 0.3) is 5.91 Å². The van der Waals surface area contributed by atoms with Gasteiger partial charge in [0.05, 0.1) is 9.80 Å². The fourth-order valence-corrected chi connectivity index (χ4v) is 5.78. The molecular weight excluding hydrogens is 475 g/mol. The molecule has 0 aromatic heterocycles. The van der Waals surface area contributed by atoms with Crippen molar-refractivity contribution in [3.05, 3.63) is 95.1 Å². The molecule has 3 aromatic rings. The van der Waals surface area contributed by atoms with E-state index in [1.165, 1.54) is 23.2 Å². The second kappa shape index (κ2) is 9.80. The van der Waals surface area contributed by atoms with Gasteiger partial charge in [-0.25, -0.2) is 8.42 Å². The van der Waals surface area contributed by atoms with Crippen molar-refractivity contribution < 1.29 is 13.2 Å². The molecule has 0 saturated carbocycles. The maximum absolute atomic E-state index is 13.2. The zero-order valence-electron chi connectivity index (χ0n) is 20.0. The van der Waals surface area contributed by atoms with Crippen molar-refractivity contribution in [1.82, 2.24) is 5.32 Å². The van der Waals surface area contributed by atoms with Crippen LogP contribution in [0, 0.1) is 20.8 Å². The molecule has 1 aliphatic heterocycles. The molecule has 178 valence electrons. The topological polar surface area (TPSA) is 75.3 Å². The van der Waals surface area contributed by atoms with Gasteiger partial charge >= 0.3 is 0 Å². The number of sulfone groups is 1. The summed E-state index contributed by atoms with van der Waals surface area (Å²) in [5.41, 5.74) is 5.89. The number of aryl methyl sites for hydroxylation is 3. The first-order valence-electron chi connectivity index (χ1n) is 11.4. The van der Waals surface area contributed by atoms with Crippen molar-refractivity contribution >= 4 is 55.8 Å². The van der Waals surface area contributed by atoms with Crippen LogP contribution in [0.3, 0.4) is 0 Å². The first-order chi connectivity index (χ1) is 16.6. The number of carbonyl (C=O) groups excluding carboxylic acids is 1. The van der Waals surface area contributed by atoms with Gasteiger partial charge in [-0.2, -0.15) is 0 Å². The Balaban J connectivity index is 1.43. The van der Waals surface area contributed by atoms with Crippen LogP contribution in [0.2, 0.25) is 12.6 Å². The molecule has 0 aliphatic carbocycles. The van der Waals surface area contributed by atoms with Crippen molar-refractivity contribution in [3.8, 4) is 0 Å². The number of benzene rings is 3. The lowest BCUT2D eigenvalue weighted by Gasteiger charge is -2.14. The smallest absolute Gasteiger partial charge is 0.257 e. The molecule has 1 fully saturated rings. The van der Waals surface area contributed by atoms with Gasteiger partial charge in [-0.1, -0.05) is 60.6 Å². The molecule has 35 heavy (non-hydrogen) atoms. The Labute approximate surface area is 212 Å². The number of nitrogens with one attached hydrogen (secondary N) is 2. The Bertz CT molecular complexity index is 1420. The summed E-state index contributed by atoms with van der Waals surface area (Å²) in [5, 5.41) is 5.78. The van der Waals surface area contributed by atoms with E-state index in [4.69, 9.17) is 12.2 Å². The molecule has 3 aromatic carbocycles. The van der Waals surface area contributed by atoms with Gasteiger partial charge in [-0.05, 0) is 80.0 Å². The molecule has 8 heteroatoms. The number of amides is 1. The SMILES string of the molecule is C=C(c1c(C)cccc1C)S(=O)(=O)c1ccc(NC(=S)NC(=O)c2ccc(C)c(B3CC3)c2)cc1. The molecule has 1 heterocycles. The van der Waals surface area contributed by atoms with Crippen LogP contribution in [-0.2, 0) is 9.84 Å². The number of thiocarbonyl (C=S) groups is 1. The second-order valence-electron chi connectivity index (χ2n) is 8.97. The predicted octanol–water partition coefficient (Wildman–Crippen LogP) is 4.90. The number of anilines is 1. The lowest BCUT2D eigenvalue weighted by molar-refractivity contribution is 0.0978. The summed E-state index contributed by atoms with van der Waals surface area (Å²) in [6, 6.07) is 17.6. The Morgan fingerprint density at radius 2 is 1.57 bits per heavy atom. The minimum Gasteiger partial charge on any atom is -0.332 e. The molecule has 0 radical (unpaired) electrons. The van der Waals surface area contributed by atoms with Crippen LogP contribution in [-0.4, -0.2) is 26.2 Å². The van der Waals surface area contributed by atoms with Crippen LogP contribution >= 0.6 is 12.2 Å². The maximum Gasteiger partial charge on any atom is 0.257 e. The second-order valence-corrected chi connectivity index (χ2v) is 11.4. The van der Waals surface area contributed by atoms with Gasteiger partial charge in [0.1, 0.15) is 0 Å². The highest BCUT2D eigenvalue weighted by molar-refractivity contribution is 8.00. The molecule has 1 amide bonds. The number of hydrogen-bond donors (Lipinski definition) is 2. The number of hydrogen-bond acceptors (Lipinski definition) is 4. The molecule has 4 rings (SSSR count). The van der Waals surface area contributed by atoms with E-state index in [9.17, 15) is 13.2 Å². The molecular formula is C27H27BN2O3S2. The summed E-state index contributed by atoms with van der Waals surface area (Å²) in [5.74, 6) is -0.284. The first-order valence-corrected chi connectivity index (χ1v) is 13.3. The van der Waals surface area contributed by atoms with Gasteiger partial charge in [0.2, 0.25) is 9.84 Å². The Morgan fingerprint density at radius 1 is 0.943 bits per heavy atom. The summed E-state index contributed by atoms with van der Waals surface area (Å²) in [6.07, 6.45) is 2.32. The van der Waals surface area contributed by atoms with Crippen LogP contribution in [0.4, 0.5) is 5.69 Å². The van der Waals surface area contributed by atoms with E-state index in [1.807, 2.05) is 44.2 Å². The lowest BCUT2D eigenvalue weighted by Crippen LogP contribution is -2.35. The zero-order valence-corrected chi connectivity index (χ0v) is 21.6. The molecule has 5 nitrogen and oxygen atoms in total. The van der Waals surface area contributed by atoms with E-state index in [-0.39, 0.29) is 20.8 Å². The average Bonchev–Trinajstić information content (AvgIpc) is 3.64. The normalized spacial score (nSPS) is 12.7. The zero-order chi connectivity index (χ0) is 25.3. The fourth-order valence-electron chi connectivity index (χ4n) is 4.20. The molecule has 1 saturated heterocycles. The Morgan fingerprint density at radius 3 is 2.17 bits per heavy atom. The molecule has 0 atom stereocenters. The van der Waals surface area contributed by atoms with Crippen LogP contribution < -0.4 is 16.1 Å². The van der Waals surface area contributed by atoms with Crippen molar-refractivity contribution in [2.75, 3.05) is 5.32 Å². The summed E-state index contributed by atoms with van der Waals surface area (Å²) in [4.78, 5) is 12.9. The van der Waals surface area contributed by atoms with E-state index in [1.54, 1.807) is 18.2 Å². The quantitative estimate of drug-likeness (QED) is 0.371. The van der Waals surface area contributed by atoms with E-state index in [0.717, 1.165) is 23.8 Å². The van der Waals surface area contributed by atoms with E-state index >= 15 is 0 Å². The minimum absolute atomic E-state index is 0.0697. The van der Waals surface area contributed by atoms with Crippen LogP contribution in [0.25, 0.3) is 4.91 Å². The van der Waals surface area contributed by atoms with Gasteiger partial charge < -0.3 is 5.32 Å². The van der Waals surface area contributed by atoms with E-state index in [2.05, 4.69) is 24.1 Å². The molecule has 0 spiro atoms. The highest BCUT2D eigenvalue weighted by Gasteiger charge is 2.30. The van der Waals surface area contributed by atoms with Crippen molar-refractivity contribution in [2.24, 2.45) is 0 Å². The predicted molar refractivity (Wildman–Crippen MR) is 148 cm³/mol. The third kappa shape index (κ3) is 5.39. The standard InChI is InChI=1S/C27H27BN2O3S2/c1-17-8-9-21(16-24(17)28-14-15-28)26(31)30-27(34)29-22-10-12-23(13-11-22)35(32,33)20(4)25-18(2)6-5-7-19(25)3/h5-13,16H,4,14-15H2,1-3H3,(H2,29,30,31,34). The van der Waals surface area contributed by atoms with Gasteiger partial charge in [-0.3, -0.25) is 10.1 Å². The molecule has 0 unspecified atom stereocenters. The molecule has 2 N–H and O–H groups in total. The highest BCUT2D eigenvalue weighted by atomic mass is 32.2. The van der Waals surface area contributed by atoms with Crippen molar-refractivity contribution in [3.63, 3.8) is 0 Å². The van der Waals surface area contributed by atoms with Gasteiger partial charge in [0, 0.05) is 11.3 Å². The Kier molecular flexibility index (Phi) is 6.97. The summed E-state index contributed by atoms with van der Waals surface area (Å²) in [7, 11) is -3.77. The third-order valence-corrected chi connectivity index (χ3v) is 8.24. The monoisotopic (exact) mass is 502 g/mol. The van der Waals surface area contributed by atoms with E-state index in [0.29, 0.717) is 23.5 Å². The summed E-state index contributed by atoms with van der Waals surface area (Å²) < 4.78 is 26.3. The Hall–Kier alpha value is -3.23. The van der Waals surface area contributed by atoms with Crippen LogP contribution in [0.1, 0.15) is 32.6 Å². The number of carbonyl (C=O) groups is 1. The van der Waals surface area contributed by atoms with Crippen molar-refractivity contribution in [2.45, 2.75) is 38.3 Å². The van der Waals surface area contributed by atoms with Crippen LogP contribution in [0.15, 0.2) is 72.1 Å². The highest BCUT2D eigenvalue weighted by Crippen LogP contribution is 2.31. The fraction of sp³-hybridized carbons (Fsp3) is 0.185. The minimum atomic E-state index is -3.77. The first kappa shape index (κ1) is 24.9. The van der Waals surface area contributed by atoms with Crippen molar-refractivity contribution in [1.29, 1.82) is 0 Å². The third-order valence-electron chi connectivity index (χ3n) is 6.29. The average molecular weight is 502 g/mol. The van der Waals surface area contributed by atoms with Gasteiger partial charge in [-0.15, -0.1) is 0 Å². The van der Waals surface area contributed by atoms with E-state index < -0.39 is 9.84 Å². The largest absolute Gasteiger partial charge is 0.332 e. The number of rotatable bonds is 6. The lowest BCUT2D eigenvalue weighted by atomic mass is 9.61. The maximum atomic E-state index is 13.2. The summed E-state index contributed by atoms with van der Waals surface area (Å²) in [6.45, 7) is 10.2. The molecule has 1 aliphatic rings. The summed E-state index contributed by atoms with van der Waals surface area (Å²) >= 11 is 5.30.